The molecule has 0 unspecified atom stereocenters. The molecule has 4 heteroatoms. The summed E-state index contributed by atoms with van der Waals surface area (Å²) in [7, 11) is 0. The largest absolute Gasteiger partial charge is 0.353 e. The number of nitrogens with zero attached hydrogens (tertiary/aromatic N) is 1. The SMILES string of the molecule is Fc1ccc(Nc2c3ccccc3nc3c2[nH]c2ccccc23)cc1. The summed E-state index contributed by atoms with van der Waals surface area (Å²) in [6.07, 6.45) is 0. The Morgan fingerprint density at radius 3 is 2.36 bits per heavy atom. The van der Waals surface area contributed by atoms with Crippen molar-refractivity contribution in [1.82, 2.24) is 9.97 Å². The second-order valence-electron chi connectivity index (χ2n) is 6.03. The van der Waals surface area contributed by atoms with Crippen molar-refractivity contribution in [1.29, 1.82) is 0 Å². The summed E-state index contributed by atoms with van der Waals surface area (Å²) >= 11 is 0. The van der Waals surface area contributed by atoms with Crippen LogP contribution in [0.2, 0.25) is 0 Å². The number of pyridine rings is 1. The molecule has 2 aromatic heterocycles. The van der Waals surface area contributed by atoms with Crippen molar-refractivity contribution in [2.24, 2.45) is 0 Å². The zero-order valence-electron chi connectivity index (χ0n) is 13.3. The van der Waals surface area contributed by atoms with E-state index in [1.807, 2.05) is 42.5 Å². The maximum Gasteiger partial charge on any atom is 0.123 e. The lowest BCUT2D eigenvalue weighted by Crippen LogP contribution is -1.95. The van der Waals surface area contributed by atoms with E-state index < -0.39 is 0 Å². The van der Waals surface area contributed by atoms with Crippen molar-refractivity contribution in [3.8, 4) is 0 Å². The van der Waals surface area contributed by atoms with Crippen molar-refractivity contribution in [2.45, 2.75) is 0 Å². The van der Waals surface area contributed by atoms with Crippen molar-refractivity contribution in [3.05, 3.63) is 78.6 Å². The predicted octanol–water partition coefficient (Wildman–Crippen LogP) is 5.75. The number of halogens is 1. The summed E-state index contributed by atoms with van der Waals surface area (Å²) in [5, 5.41) is 5.55. The molecule has 0 saturated heterocycles. The summed E-state index contributed by atoms with van der Waals surface area (Å²) in [5.41, 5.74) is 5.62. The van der Waals surface area contributed by atoms with E-state index in [0.717, 1.165) is 44.2 Å². The number of fused-ring (bicyclic) bond motifs is 4. The number of nitrogens with one attached hydrogen (secondary N) is 2. The van der Waals surface area contributed by atoms with E-state index in [4.69, 9.17) is 4.98 Å². The Morgan fingerprint density at radius 1 is 0.800 bits per heavy atom. The molecule has 0 saturated carbocycles. The Hall–Kier alpha value is -3.40. The van der Waals surface area contributed by atoms with Crippen LogP contribution in [0.15, 0.2) is 72.8 Å². The first-order valence-corrected chi connectivity index (χ1v) is 8.11. The molecule has 0 spiro atoms. The average molecular weight is 327 g/mol. The van der Waals surface area contributed by atoms with Crippen LogP contribution in [0.3, 0.4) is 0 Å². The van der Waals surface area contributed by atoms with Crippen LogP contribution in [0.1, 0.15) is 0 Å². The molecule has 3 nitrogen and oxygen atoms in total. The highest BCUT2D eigenvalue weighted by Gasteiger charge is 2.14. The molecular formula is C21H14FN3. The van der Waals surface area contributed by atoms with E-state index in [1.54, 1.807) is 12.1 Å². The van der Waals surface area contributed by atoms with Gasteiger partial charge in [0.15, 0.2) is 0 Å². The van der Waals surface area contributed by atoms with Crippen LogP contribution in [-0.4, -0.2) is 9.97 Å². The average Bonchev–Trinajstić information content (AvgIpc) is 3.02. The van der Waals surface area contributed by atoms with Crippen molar-refractivity contribution in [2.75, 3.05) is 5.32 Å². The van der Waals surface area contributed by atoms with Gasteiger partial charge in [0.25, 0.3) is 0 Å². The predicted molar refractivity (Wildman–Crippen MR) is 101 cm³/mol. The van der Waals surface area contributed by atoms with Gasteiger partial charge >= 0.3 is 0 Å². The zero-order chi connectivity index (χ0) is 16.8. The molecule has 0 bridgehead atoms. The van der Waals surface area contributed by atoms with Gasteiger partial charge in [-0.3, -0.25) is 0 Å². The van der Waals surface area contributed by atoms with Gasteiger partial charge in [-0.05, 0) is 36.4 Å². The Labute approximate surface area is 143 Å². The Kier molecular flexibility index (Phi) is 2.97. The fourth-order valence-electron chi connectivity index (χ4n) is 3.27. The van der Waals surface area contributed by atoms with Crippen LogP contribution in [0.5, 0.6) is 0 Å². The van der Waals surface area contributed by atoms with Gasteiger partial charge in [0.05, 0.1) is 22.2 Å². The number of para-hydroxylation sites is 2. The number of aromatic nitrogens is 2. The number of hydrogen-bond donors (Lipinski definition) is 2. The van der Waals surface area contributed by atoms with Gasteiger partial charge in [-0.2, -0.15) is 0 Å². The van der Waals surface area contributed by atoms with Crippen molar-refractivity contribution >= 4 is 44.2 Å². The Bertz CT molecular complexity index is 1220. The van der Waals surface area contributed by atoms with Gasteiger partial charge in [-0.15, -0.1) is 0 Å². The first-order chi connectivity index (χ1) is 12.3. The van der Waals surface area contributed by atoms with Crippen LogP contribution < -0.4 is 5.32 Å². The summed E-state index contributed by atoms with van der Waals surface area (Å²) in [5.74, 6) is -0.249. The van der Waals surface area contributed by atoms with E-state index >= 15 is 0 Å². The molecule has 5 aromatic rings. The lowest BCUT2D eigenvalue weighted by atomic mass is 10.1. The summed E-state index contributed by atoms with van der Waals surface area (Å²) in [6, 6.07) is 22.5. The Morgan fingerprint density at radius 2 is 1.52 bits per heavy atom. The molecule has 2 heterocycles. The lowest BCUT2D eigenvalue weighted by Gasteiger charge is -2.11. The number of benzene rings is 3. The molecule has 0 radical (unpaired) electrons. The molecular weight excluding hydrogens is 313 g/mol. The molecule has 0 fully saturated rings. The monoisotopic (exact) mass is 327 g/mol. The van der Waals surface area contributed by atoms with Crippen LogP contribution in [0.25, 0.3) is 32.8 Å². The molecule has 5 rings (SSSR count). The highest BCUT2D eigenvalue weighted by Crippen LogP contribution is 2.36. The van der Waals surface area contributed by atoms with E-state index in [1.165, 1.54) is 12.1 Å². The zero-order valence-corrected chi connectivity index (χ0v) is 13.3. The minimum Gasteiger partial charge on any atom is -0.353 e. The van der Waals surface area contributed by atoms with E-state index in [0.29, 0.717) is 0 Å². The van der Waals surface area contributed by atoms with Gasteiger partial charge in [-0.25, -0.2) is 9.37 Å². The number of anilines is 2. The van der Waals surface area contributed by atoms with Gasteiger partial charge in [0.2, 0.25) is 0 Å². The molecule has 0 aliphatic rings. The number of H-pyrrole nitrogens is 1. The van der Waals surface area contributed by atoms with Gasteiger partial charge < -0.3 is 10.3 Å². The fourth-order valence-corrected chi connectivity index (χ4v) is 3.27. The second kappa shape index (κ2) is 5.31. The molecule has 0 aliphatic heterocycles. The molecule has 2 N–H and O–H groups in total. The summed E-state index contributed by atoms with van der Waals surface area (Å²) in [4.78, 5) is 8.32. The highest BCUT2D eigenvalue weighted by molar-refractivity contribution is 6.16. The highest BCUT2D eigenvalue weighted by atomic mass is 19.1. The fraction of sp³-hybridized carbons (Fsp3) is 0. The molecule has 3 aromatic carbocycles. The normalized spacial score (nSPS) is 11.4. The number of hydrogen-bond acceptors (Lipinski definition) is 2. The maximum absolute atomic E-state index is 13.2. The van der Waals surface area contributed by atoms with E-state index in [9.17, 15) is 4.39 Å². The first-order valence-electron chi connectivity index (χ1n) is 8.11. The van der Waals surface area contributed by atoms with Crippen LogP contribution in [0.4, 0.5) is 15.8 Å². The summed E-state index contributed by atoms with van der Waals surface area (Å²) < 4.78 is 13.2. The van der Waals surface area contributed by atoms with Crippen molar-refractivity contribution in [3.63, 3.8) is 0 Å². The lowest BCUT2D eigenvalue weighted by molar-refractivity contribution is 0.628. The van der Waals surface area contributed by atoms with Crippen LogP contribution >= 0.6 is 0 Å². The first kappa shape index (κ1) is 14.0. The maximum atomic E-state index is 13.2. The minimum absolute atomic E-state index is 0.249. The third-order valence-electron chi connectivity index (χ3n) is 4.45. The third kappa shape index (κ3) is 2.22. The molecule has 120 valence electrons. The molecule has 0 amide bonds. The minimum atomic E-state index is -0.249. The smallest absolute Gasteiger partial charge is 0.123 e. The quantitative estimate of drug-likeness (QED) is 0.433. The molecule has 0 atom stereocenters. The number of aromatic amines is 1. The molecule has 0 aliphatic carbocycles. The van der Waals surface area contributed by atoms with Gasteiger partial charge in [-0.1, -0.05) is 36.4 Å². The van der Waals surface area contributed by atoms with E-state index in [2.05, 4.69) is 16.4 Å². The van der Waals surface area contributed by atoms with E-state index in [-0.39, 0.29) is 5.82 Å². The summed E-state index contributed by atoms with van der Waals surface area (Å²) in [6.45, 7) is 0. The van der Waals surface area contributed by atoms with Crippen LogP contribution in [0, 0.1) is 5.82 Å². The Balaban J connectivity index is 1.84. The van der Waals surface area contributed by atoms with Crippen molar-refractivity contribution < 1.29 is 4.39 Å². The van der Waals surface area contributed by atoms with Gasteiger partial charge in [0, 0.05) is 22.0 Å². The van der Waals surface area contributed by atoms with Crippen LogP contribution in [-0.2, 0) is 0 Å². The second-order valence-corrected chi connectivity index (χ2v) is 6.03. The number of rotatable bonds is 2. The van der Waals surface area contributed by atoms with Gasteiger partial charge in [0.1, 0.15) is 5.82 Å². The molecule has 25 heavy (non-hydrogen) atoms. The third-order valence-corrected chi connectivity index (χ3v) is 4.45. The topological polar surface area (TPSA) is 40.7 Å². The standard InChI is InChI=1S/C21H14FN3/c22-13-9-11-14(12-10-13)23-19-15-5-1-3-7-17(15)24-20-16-6-2-4-8-18(16)25-21(19)20/h1-12,25H,(H,23,24).